The molecule has 0 aliphatic heterocycles. The highest BCUT2D eigenvalue weighted by Crippen LogP contribution is 2.27. The average molecular weight is 213 g/mol. The van der Waals surface area contributed by atoms with E-state index in [9.17, 15) is 0 Å². The third-order valence-electron chi connectivity index (χ3n) is 1.76. The van der Waals surface area contributed by atoms with Crippen molar-refractivity contribution in [2.24, 2.45) is 0 Å². The first-order valence-corrected chi connectivity index (χ1v) is 5.20. The van der Waals surface area contributed by atoms with Crippen LogP contribution >= 0.6 is 22.9 Å². The molecule has 0 aliphatic rings. The Morgan fingerprint density at radius 2 is 2.38 bits per heavy atom. The van der Waals surface area contributed by atoms with Gasteiger partial charge in [-0.05, 0) is 23.1 Å². The summed E-state index contributed by atoms with van der Waals surface area (Å²) in [5.74, 6) is 0. The molecule has 0 bridgehead atoms. The standard InChI is InChI=1S/C9H9ClN2S/c10-9-8(2-4-13-9)12-6-7-1-3-11-5-7/h1-5,11-12H,6H2. The molecule has 2 heterocycles. The minimum absolute atomic E-state index is 0.806. The largest absolute Gasteiger partial charge is 0.379 e. The van der Waals surface area contributed by atoms with E-state index in [1.165, 1.54) is 16.9 Å². The third kappa shape index (κ3) is 2.05. The van der Waals surface area contributed by atoms with Crippen LogP contribution in [0, 0.1) is 0 Å². The second kappa shape index (κ2) is 3.85. The van der Waals surface area contributed by atoms with Gasteiger partial charge in [0.1, 0.15) is 4.34 Å². The van der Waals surface area contributed by atoms with Gasteiger partial charge in [0.2, 0.25) is 0 Å². The van der Waals surface area contributed by atoms with Gasteiger partial charge in [0, 0.05) is 18.9 Å². The second-order valence-corrected chi connectivity index (χ2v) is 4.20. The van der Waals surface area contributed by atoms with Crippen molar-refractivity contribution in [3.8, 4) is 0 Å². The number of H-pyrrole nitrogens is 1. The minimum atomic E-state index is 0.806. The van der Waals surface area contributed by atoms with E-state index in [1.807, 2.05) is 29.9 Å². The molecule has 0 unspecified atom stereocenters. The number of hydrogen-bond acceptors (Lipinski definition) is 2. The molecule has 4 heteroatoms. The van der Waals surface area contributed by atoms with Crippen LogP contribution in [0.25, 0.3) is 0 Å². The summed E-state index contributed by atoms with van der Waals surface area (Å²) in [6.07, 6.45) is 3.87. The Morgan fingerprint density at radius 1 is 1.46 bits per heavy atom. The Balaban J connectivity index is 1.97. The molecular formula is C9H9ClN2S. The highest BCUT2D eigenvalue weighted by Gasteiger charge is 1.99. The highest BCUT2D eigenvalue weighted by molar-refractivity contribution is 7.15. The van der Waals surface area contributed by atoms with E-state index < -0.39 is 0 Å². The lowest BCUT2D eigenvalue weighted by atomic mass is 10.3. The molecule has 2 rings (SSSR count). The van der Waals surface area contributed by atoms with Gasteiger partial charge in [-0.15, -0.1) is 11.3 Å². The van der Waals surface area contributed by atoms with Crippen molar-refractivity contribution in [3.63, 3.8) is 0 Å². The van der Waals surface area contributed by atoms with Crippen molar-refractivity contribution < 1.29 is 0 Å². The molecule has 0 saturated heterocycles. The topological polar surface area (TPSA) is 27.8 Å². The average Bonchev–Trinajstić information content (AvgIpc) is 2.72. The maximum absolute atomic E-state index is 5.93. The number of rotatable bonds is 3. The summed E-state index contributed by atoms with van der Waals surface area (Å²) in [6, 6.07) is 4.02. The molecule has 0 atom stereocenters. The van der Waals surface area contributed by atoms with Crippen LogP contribution in [-0.2, 0) is 6.54 Å². The molecule has 2 nitrogen and oxygen atoms in total. The van der Waals surface area contributed by atoms with Gasteiger partial charge >= 0.3 is 0 Å². The van der Waals surface area contributed by atoms with Gasteiger partial charge in [-0.3, -0.25) is 0 Å². The second-order valence-electron chi connectivity index (χ2n) is 2.68. The van der Waals surface area contributed by atoms with Gasteiger partial charge in [0.15, 0.2) is 0 Å². The summed E-state index contributed by atoms with van der Waals surface area (Å²) in [7, 11) is 0. The number of aromatic nitrogens is 1. The van der Waals surface area contributed by atoms with Crippen molar-refractivity contribution in [2.45, 2.75) is 6.54 Å². The quantitative estimate of drug-likeness (QED) is 0.803. The number of thiophene rings is 1. The van der Waals surface area contributed by atoms with Crippen molar-refractivity contribution in [2.75, 3.05) is 5.32 Å². The first-order chi connectivity index (χ1) is 6.36. The number of aromatic amines is 1. The fourth-order valence-corrected chi connectivity index (χ4v) is 1.96. The Labute approximate surface area is 85.6 Å². The van der Waals surface area contributed by atoms with Crippen LogP contribution in [-0.4, -0.2) is 4.98 Å². The number of hydrogen-bond donors (Lipinski definition) is 2. The smallest absolute Gasteiger partial charge is 0.116 e. The Hall–Kier alpha value is -0.930. The number of nitrogens with one attached hydrogen (secondary N) is 2. The lowest BCUT2D eigenvalue weighted by Gasteiger charge is -2.01. The van der Waals surface area contributed by atoms with E-state index in [1.54, 1.807) is 0 Å². The molecule has 2 N–H and O–H groups in total. The van der Waals surface area contributed by atoms with Crippen LogP contribution in [0.5, 0.6) is 0 Å². The minimum Gasteiger partial charge on any atom is -0.379 e. The fourth-order valence-electron chi connectivity index (χ4n) is 1.08. The fraction of sp³-hybridized carbons (Fsp3) is 0.111. The summed E-state index contributed by atoms with van der Waals surface area (Å²) in [4.78, 5) is 3.00. The molecule has 0 spiro atoms. The molecule has 2 aromatic rings. The van der Waals surface area contributed by atoms with E-state index >= 15 is 0 Å². The van der Waals surface area contributed by atoms with Gasteiger partial charge in [-0.1, -0.05) is 11.6 Å². The zero-order chi connectivity index (χ0) is 9.10. The van der Waals surface area contributed by atoms with Crippen LogP contribution < -0.4 is 5.32 Å². The molecule has 0 amide bonds. The monoisotopic (exact) mass is 212 g/mol. The first-order valence-electron chi connectivity index (χ1n) is 3.95. The molecule has 2 aromatic heterocycles. The zero-order valence-corrected chi connectivity index (χ0v) is 8.45. The third-order valence-corrected chi connectivity index (χ3v) is 2.93. The van der Waals surface area contributed by atoms with Gasteiger partial charge in [0.05, 0.1) is 5.69 Å². The van der Waals surface area contributed by atoms with Crippen LogP contribution in [0.4, 0.5) is 5.69 Å². The summed E-state index contributed by atoms with van der Waals surface area (Å²) in [6.45, 7) is 0.806. The van der Waals surface area contributed by atoms with Crippen LogP contribution in [0.2, 0.25) is 4.34 Å². The van der Waals surface area contributed by atoms with Gasteiger partial charge in [-0.2, -0.15) is 0 Å². The molecule has 13 heavy (non-hydrogen) atoms. The van der Waals surface area contributed by atoms with Gasteiger partial charge < -0.3 is 10.3 Å². The summed E-state index contributed by atoms with van der Waals surface area (Å²) < 4.78 is 0.815. The summed E-state index contributed by atoms with van der Waals surface area (Å²) in [5, 5.41) is 5.23. The maximum atomic E-state index is 5.93. The van der Waals surface area contributed by atoms with Crippen molar-refractivity contribution in [3.05, 3.63) is 39.8 Å². The van der Waals surface area contributed by atoms with Crippen molar-refractivity contribution in [1.82, 2.24) is 4.98 Å². The van der Waals surface area contributed by atoms with E-state index in [0.29, 0.717) is 0 Å². The zero-order valence-electron chi connectivity index (χ0n) is 6.88. The normalized spacial score (nSPS) is 10.2. The van der Waals surface area contributed by atoms with Gasteiger partial charge in [-0.25, -0.2) is 0 Å². The van der Waals surface area contributed by atoms with E-state index in [0.717, 1.165) is 16.6 Å². The molecule has 0 aliphatic carbocycles. The van der Waals surface area contributed by atoms with E-state index in [2.05, 4.69) is 10.3 Å². The SMILES string of the molecule is Clc1sccc1NCc1cc[nH]c1. The summed E-state index contributed by atoms with van der Waals surface area (Å²) >= 11 is 7.46. The Morgan fingerprint density at radius 3 is 3.00 bits per heavy atom. The molecule has 0 fully saturated rings. The van der Waals surface area contributed by atoms with Gasteiger partial charge in [0.25, 0.3) is 0 Å². The Kier molecular flexibility index (Phi) is 2.57. The van der Waals surface area contributed by atoms with Crippen molar-refractivity contribution in [1.29, 1.82) is 0 Å². The lowest BCUT2D eigenvalue weighted by molar-refractivity contribution is 1.16. The first kappa shape index (κ1) is 8.66. The molecular weight excluding hydrogens is 204 g/mol. The lowest BCUT2D eigenvalue weighted by Crippen LogP contribution is -1.96. The van der Waals surface area contributed by atoms with Crippen LogP contribution in [0.3, 0.4) is 0 Å². The molecule has 0 radical (unpaired) electrons. The number of halogens is 1. The van der Waals surface area contributed by atoms with Crippen LogP contribution in [0.1, 0.15) is 5.56 Å². The Bertz CT molecular complexity index is 367. The highest BCUT2D eigenvalue weighted by atomic mass is 35.5. The molecule has 0 aromatic carbocycles. The number of anilines is 1. The summed E-state index contributed by atoms with van der Waals surface area (Å²) in [5.41, 5.74) is 2.23. The molecule has 68 valence electrons. The van der Waals surface area contributed by atoms with Crippen LogP contribution in [0.15, 0.2) is 29.9 Å². The molecule has 0 saturated carbocycles. The van der Waals surface area contributed by atoms with Crippen molar-refractivity contribution >= 4 is 28.6 Å². The maximum Gasteiger partial charge on any atom is 0.116 e. The van der Waals surface area contributed by atoms with E-state index in [-0.39, 0.29) is 0 Å². The van der Waals surface area contributed by atoms with E-state index in [4.69, 9.17) is 11.6 Å². The predicted molar refractivity (Wildman–Crippen MR) is 57.4 cm³/mol. The predicted octanol–water partition coefficient (Wildman–Crippen LogP) is 3.34.